The Balaban J connectivity index is 0.00000242. The molecule has 2 rings (SSSR count). The van der Waals surface area contributed by atoms with E-state index in [2.05, 4.69) is 45.0 Å². The third kappa shape index (κ3) is 7.75. The Hall–Kier alpha value is -0.380. The van der Waals surface area contributed by atoms with Crippen LogP contribution in [0.2, 0.25) is 0 Å². The van der Waals surface area contributed by atoms with E-state index in [1.54, 1.807) is 11.3 Å². The highest BCUT2D eigenvalue weighted by molar-refractivity contribution is 14.0. The number of nitrogens with one attached hydrogen (secondary N) is 2. The van der Waals surface area contributed by atoms with Crippen LogP contribution in [0.3, 0.4) is 0 Å². The van der Waals surface area contributed by atoms with Gasteiger partial charge in [0.25, 0.3) is 0 Å². The van der Waals surface area contributed by atoms with Gasteiger partial charge in [-0.3, -0.25) is 9.89 Å². The molecule has 1 aliphatic heterocycles. The van der Waals surface area contributed by atoms with Crippen LogP contribution < -0.4 is 10.6 Å². The highest BCUT2D eigenvalue weighted by Gasteiger charge is 2.09. The van der Waals surface area contributed by atoms with Crippen LogP contribution in [0.5, 0.6) is 0 Å². The summed E-state index contributed by atoms with van der Waals surface area (Å²) in [4.78, 5) is 8.46. The molecule has 126 valence electrons. The van der Waals surface area contributed by atoms with Crippen LogP contribution >= 0.6 is 35.3 Å². The second-order valence-corrected chi connectivity index (χ2v) is 6.00. The molecule has 1 saturated heterocycles. The van der Waals surface area contributed by atoms with Gasteiger partial charge in [-0.2, -0.15) is 0 Å². The molecule has 0 atom stereocenters. The molecule has 7 heteroatoms. The number of ether oxygens (including phenoxy) is 1. The monoisotopic (exact) mass is 438 g/mol. The van der Waals surface area contributed by atoms with Crippen molar-refractivity contribution < 1.29 is 4.74 Å². The molecule has 0 unspecified atom stereocenters. The van der Waals surface area contributed by atoms with Crippen molar-refractivity contribution in [3.63, 3.8) is 0 Å². The van der Waals surface area contributed by atoms with Crippen molar-refractivity contribution in [3.05, 3.63) is 22.4 Å². The third-order valence-electron chi connectivity index (χ3n) is 3.38. The van der Waals surface area contributed by atoms with Gasteiger partial charge in [-0.1, -0.05) is 6.07 Å². The maximum absolute atomic E-state index is 5.35. The molecular weight excluding hydrogens is 411 g/mol. The van der Waals surface area contributed by atoms with Crippen LogP contribution in [0, 0.1) is 0 Å². The van der Waals surface area contributed by atoms with Crippen molar-refractivity contribution in [1.82, 2.24) is 15.5 Å². The molecule has 2 heterocycles. The number of thiophene rings is 1. The minimum absolute atomic E-state index is 0. The van der Waals surface area contributed by atoms with E-state index in [-0.39, 0.29) is 24.0 Å². The fourth-order valence-corrected chi connectivity index (χ4v) is 2.94. The summed E-state index contributed by atoms with van der Waals surface area (Å²) in [7, 11) is 0. The van der Waals surface area contributed by atoms with Crippen molar-refractivity contribution in [3.8, 4) is 0 Å². The summed E-state index contributed by atoms with van der Waals surface area (Å²) in [5.74, 6) is 0.919. The average molecular weight is 438 g/mol. The van der Waals surface area contributed by atoms with Crippen molar-refractivity contribution in [1.29, 1.82) is 0 Å². The Morgan fingerprint density at radius 2 is 2.18 bits per heavy atom. The molecule has 0 aromatic carbocycles. The summed E-state index contributed by atoms with van der Waals surface area (Å²) < 4.78 is 5.35. The van der Waals surface area contributed by atoms with Gasteiger partial charge in [0.2, 0.25) is 0 Å². The molecule has 1 fully saturated rings. The Morgan fingerprint density at radius 3 is 2.86 bits per heavy atom. The molecule has 5 nitrogen and oxygen atoms in total. The summed E-state index contributed by atoms with van der Waals surface area (Å²) in [6.07, 6.45) is 1.05. The smallest absolute Gasteiger partial charge is 0.191 e. The normalized spacial score (nSPS) is 16.1. The van der Waals surface area contributed by atoms with Gasteiger partial charge < -0.3 is 15.4 Å². The maximum Gasteiger partial charge on any atom is 0.191 e. The molecule has 22 heavy (non-hydrogen) atoms. The van der Waals surface area contributed by atoms with E-state index in [1.165, 1.54) is 4.88 Å². The summed E-state index contributed by atoms with van der Waals surface area (Å²) in [5.41, 5.74) is 0. The van der Waals surface area contributed by atoms with E-state index in [4.69, 9.17) is 4.74 Å². The summed E-state index contributed by atoms with van der Waals surface area (Å²) in [5, 5.41) is 8.82. The zero-order valence-corrected chi connectivity index (χ0v) is 16.4. The first kappa shape index (κ1) is 19.7. The van der Waals surface area contributed by atoms with Crippen LogP contribution in [0.4, 0.5) is 0 Å². The topological polar surface area (TPSA) is 48.9 Å². The maximum atomic E-state index is 5.35. The van der Waals surface area contributed by atoms with E-state index in [1.807, 2.05) is 0 Å². The number of guanidine groups is 1. The second kappa shape index (κ2) is 12.1. The lowest BCUT2D eigenvalue weighted by atomic mass is 10.3. The lowest BCUT2D eigenvalue weighted by Crippen LogP contribution is -2.40. The van der Waals surface area contributed by atoms with Gasteiger partial charge in [-0.15, -0.1) is 35.3 Å². The number of morpholine rings is 1. The number of nitrogens with zero attached hydrogens (tertiary/aromatic N) is 2. The molecule has 0 bridgehead atoms. The molecule has 1 aromatic heterocycles. The highest BCUT2D eigenvalue weighted by Crippen LogP contribution is 2.07. The molecule has 0 spiro atoms. The molecule has 0 radical (unpaired) electrons. The third-order valence-corrected chi connectivity index (χ3v) is 4.31. The zero-order valence-electron chi connectivity index (χ0n) is 13.2. The largest absolute Gasteiger partial charge is 0.379 e. The van der Waals surface area contributed by atoms with Crippen LogP contribution in [0.1, 0.15) is 11.8 Å². The minimum atomic E-state index is 0. The Bertz CT molecular complexity index is 408. The highest BCUT2D eigenvalue weighted by atomic mass is 127. The molecule has 1 aliphatic rings. The molecule has 0 amide bonds. The first-order valence-electron chi connectivity index (χ1n) is 7.73. The first-order valence-corrected chi connectivity index (χ1v) is 8.61. The predicted octanol–water partition coefficient (Wildman–Crippen LogP) is 1.80. The molecule has 0 saturated carbocycles. The Labute approximate surface area is 154 Å². The number of halogens is 1. The van der Waals surface area contributed by atoms with Crippen molar-refractivity contribution in [2.75, 3.05) is 52.5 Å². The number of hydrogen-bond donors (Lipinski definition) is 2. The van der Waals surface area contributed by atoms with Crippen LogP contribution in [0.25, 0.3) is 0 Å². The number of hydrogen-bond acceptors (Lipinski definition) is 4. The average Bonchev–Trinajstić information content (AvgIpc) is 3.02. The Kier molecular flexibility index (Phi) is 10.8. The SMILES string of the molecule is CCNC(=NCCN1CCOCC1)NCCc1cccs1.I. The fraction of sp³-hybridized carbons (Fsp3) is 0.667. The van der Waals surface area contributed by atoms with Gasteiger partial charge in [-0.05, 0) is 24.8 Å². The van der Waals surface area contributed by atoms with Gasteiger partial charge in [0, 0.05) is 37.6 Å². The molecule has 2 N–H and O–H groups in total. The van der Waals surface area contributed by atoms with Gasteiger partial charge in [0.05, 0.1) is 19.8 Å². The first-order chi connectivity index (χ1) is 10.4. The van der Waals surface area contributed by atoms with Crippen molar-refractivity contribution in [2.24, 2.45) is 4.99 Å². The number of aliphatic imine (C=N–C) groups is 1. The minimum Gasteiger partial charge on any atom is -0.379 e. The molecule has 0 aliphatic carbocycles. The second-order valence-electron chi connectivity index (χ2n) is 4.97. The lowest BCUT2D eigenvalue weighted by Gasteiger charge is -2.25. The van der Waals surface area contributed by atoms with E-state index in [0.717, 1.165) is 64.9 Å². The van der Waals surface area contributed by atoms with Gasteiger partial charge >= 0.3 is 0 Å². The van der Waals surface area contributed by atoms with Crippen LogP contribution in [0.15, 0.2) is 22.5 Å². The van der Waals surface area contributed by atoms with Crippen molar-refractivity contribution >= 4 is 41.3 Å². The van der Waals surface area contributed by atoms with Gasteiger partial charge in [0.15, 0.2) is 5.96 Å². The lowest BCUT2D eigenvalue weighted by molar-refractivity contribution is 0.0394. The fourth-order valence-electron chi connectivity index (χ4n) is 2.23. The van der Waals surface area contributed by atoms with Gasteiger partial charge in [-0.25, -0.2) is 0 Å². The van der Waals surface area contributed by atoms with E-state index in [9.17, 15) is 0 Å². The van der Waals surface area contributed by atoms with Gasteiger partial charge in [0.1, 0.15) is 0 Å². The predicted molar refractivity (Wildman–Crippen MR) is 105 cm³/mol. The summed E-state index contributed by atoms with van der Waals surface area (Å²) in [6.45, 7) is 9.49. The standard InChI is InChI=1S/C15H26N4OS.HI/c1-2-16-15(17-6-5-14-4-3-13-21-14)18-7-8-19-9-11-20-12-10-19;/h3-4,13H,2,5-12H2,1H3,(H2,16,17,18);1H. The zero-order chi connectivity index (χ0) is 14.8. The van der Waals surface area contributed by atoms with Crippen molar-refractivity contribution in [2.45, 2.75) is 13.3 Å². The quantitative estimate of drug-likeness (QED) is 0.387. The summed E-state index contributed by atoms with van der Waals surface area (Å²) in [6, 6.07) is 4.27. The van der Waals surface area contributed by atoms with E-state index < -0.39 is 0 Å². The summed E-state index contributed by atoms with van der Waals surface area (Å²) >= 11 is 1.81. The Morgan fingerprint density at radius 1 is 1.36 bits per heavy atom. The molecule has 1 aromatic rings. The number of rotatable bonds is 7. The van der Waals surface area contributed by atoms with Crippen LogP contribution in [-0.2, 0) is 11.2 Å². The van der Waals surface area contributed by atoms with Crippen LogP contribution in [-0.4, -0.2) is 63.3 Å². The van der Waals surface area contributed by atoms with E-state index >= 15 is 0 Å². The molecular formula is C15H27IN4OS. The van der Waals surface area contributed by atoms with E-state index in [0.29, 0.717) is 0 Å².